The molecule has 0 unspecified atom stereocenters. The first-order chi connectivity index (χ1) is 14.8. The summed E-state index contributed by atoms with van der Waals surface area (Å²) in [5, 5.41) is 3.48. The second-order valence-corrected chi connectivity index (χ2v) is 6.84. The smallest absolute Gasteiger partial charge is 0.262 e. The molecule has 2 heterocycles. The summed E-state index contributed by atoms with van der Waals surface area (Å²) in [5.41, 5.74) is 2.83. The van der Waals surface area contributed by atoms with Crippen molar-refractivity contribution >= 4 is 17.3 Å². The van der Waals surface area contributed by atoms with Gasteiger partial charge in [0.15, 0.2) is 11.5 Å². The lowest BCUT2D eigenvalue weighted by Gasteiger charge is -2.38. The molecule has 0 radical (unpaired) electrons. The van der Waals surface area contributed by atoms with Crippen LogP contribution in [0.15, 0.2) is 66.7 Å². The monoisotopic (exact) mass is 398 g/mol. The largest absolute Gasteiger partial charge is 0.481 e. The van der Waals surface area contributed by atoms with Crippen molar-refractivity contribution in [1.29, 1.82) is 0 Å². The van der Waals surface area contributed by atoms with Gasteiger partial charge in [0, 0.05) is 17.3 Å². The van der Waals surface area contributed by atoms with Gasteiger partial charge in [-0.05, 0) is 30.3 Å². The van der Waals surface area contributed by atoms with Gasteiger partial charge in [-0.3, -0.25) is 9.69 Å². The fraction of sp³-hybridized carbons (Fsp3) is 0.125. The number of ether oxygens (including phenoxy) is 3. The summed E-state index contributed by atoms with van der Waals surface area (Å²) in [6.07, 6.45) is 4.88. The number of para-hydroxylation sites is 2. The van der Waals surface area contributed by atoms with Crippen LogP contribution in [-0.4, -0.2) is 19.3 Å². The molecule has 3 aromatic carbocycles. The van der Waals surface area contributed by atoms with Crippen LogP contribution in [0.5, 0.6) is 17.2 Å². The van der Waals surface area contributed by atoms with Gasteiger partial charge in [-0.1, -0.05) is 36.3 Å². The average molecular weight is 398 g/mol. The lowest BCUT2D eigenvalue weighted by atomic mass is 10.0. The standard InChI is InChI=1S/C24H18N2O4/c1-2-13-28-20-10-6-4-8-18(20)23-25-19-9-5-3-7-17(19)24(27)26(23)16-11-12-21-22(14-16)30-15-29-21/h1,3-12,14,23,25H,13,15H2/t23-/m0/s1. The highest BCUT2D eigenvalue weighted by Crippen LogP contribution is 2.42. The molecule has 148 valence electrons. The van der Waals surface area contributed by atoms with E-state index in [0.717, 1.165) is 11.3 Å². The number of carbonyl (C=O) groups is 1. The van der Waals surface area contributed by atoms with Crippen LogP contribution in [0, 0.1) is 12.3 Å². The van der Waals surface area contributed by atoms with E-state index < -0.39 is 6.17 Å². The van der Waals surface area contributed by atoms with Crippen molar-refractivity contribution in [2.45, 2.75) is 6.17 Å². The van der Waals surface area contributed by atoms with Crippen LogP contribution in [0.3, 0.4) is 0 Å². The molecule has 1 atom stereocenters. The van der Waals surface area contributed by atoms with Crippen molar-refractivity contribution in [3.63, 3.8) is 0 Å². The number of hydrogen-bond donors (Lipinski definition) is 1. The molecular formula is C24H18N2O4. The van der Waals surface area contributed by atoms with Gasteiger partial charge in [-0.15, -0.1) is 6.42 Å². The molecule has 0 fully saturated rings. The van der Waals surface area contributed by atoms with Crippen LogP contribution in [-0.2, 0) is 0 Å². The van der Waals surface area contributed by atoms with Crippen molar-refractivity contribution in [3.05, 3.63) is 77.9 Å². The molecule has 0 bridgehead atoms. The Kier molecular flexibility index (Phi) is 4.41. The molecule has 1 amide bonds. The molecule has 30 heavy (non-hydrogen) atoms. The van der Waals surface area contributed by atoms with Gasteiger partial charge in [-0.25, -0.2) is 0 Å². The fourth-order valence-electron chi connectivity index (χ4n) is 3.73. The van der Waals surface area contributed by atoms with E-state index in [-0.39, 0.29) is 19.3 Å². The second-order valence-electron chi connectivity index (χ2n) is 6.84. The van der Waals surface area contributed by atoms with Gasteiger partial charge in [0.05, 0.1) is 11.3 Å². The third-order valence-electron chi connectivity index (χ3n) is 5.09. The summed E-state index contributed by atoms with van der Waals surface area (Å²) in [6, 6.07) is 20.5. The van der Waals surface area contributed by atoms with Crippen LogP contribution >= 0.6 is 0 Å². The molecule has 2 aliphatic heterocycles. The minimum Gasteiger partial charge on any atom is -0.481 e. The summed E-state index contributed by atoms with van der Waals surface area (Å²) in [7, 11) is 0. The van der Waals surface area contributed by atoms with Crippen LogP contribution in [0.2, 0.25) is 0 Å². The maximum absolute atomic E-state index is 13.6. The Labute approximate surface area is 174 Å². The molecule has 2 aliphatic rings. The molecule has 6 heteroatoms. The van der Waals surface area contributed by atoms with Crippen molar-refractivity contribution in [2.75, 3.05) is 23.6 Å². The molecule has 1 N–H and O–H groups in total. The summed E-state index contributed by atoms with van der Waals surface area (Å²) < 4.78 is 16.7. The Bertz CT molecular complexity index is 1170. The number of anilines is 2. The topological polar surface area (TPSA) is 60.0 Å². The molecule has 0 spiro atoms. The Morgan fingerprint density at radius 3 is 2.77 bits per heavy atom. The molecular weight excluding hydrogens is 380 g/mol. The van der Waals surface area contributed by atoms with Crippen molar-refractivity contribution < 1.29 is 19.0 Å². The van der Waals surface area contributed by atoms with Crippen LogP contribution in [0.4, 0.5) is 11.4 Å². The van der Waals surface area contributed by atoms with Gasteiger partial charge in [0.2, 0.25) is 6.79 Å². The van der Waals surface area contributed by atoms with E-state index in [2.05, 4.69) is 11.2 Å². The lowest BCUT2D eigenvalue weighted by Crippen LogP contribution is -2.43. The minimum atomic E-state index is -0.498. The Balaban J connectivity index is 1.64. The van der Waals surface area contributed by atoms with Gasteiger partial charge in [0.1, 0.15) is 18.5 Å². The first-order valence-electron chi connectivity index (χ1n) is 9.50. The molecule has 5 rings (SSSR count). The highest BCUT2D eigenvalue weighted by molar-refractivity contribution is 6.12. The highest BCUT2D eigenvalue weighted by atomic mass is 16.7. The van der Waals surface area contributed by atoms with E-state index >= 15 is 0 Å². The fourth-order valence-corrected chi connectivity index (χ4v) is 3.73. The Morgan fingerprint density at radius 1 is 1.07 bits per heavy atom. The third-order valence-corrected chi connectivity index (χ3v) is 5.09. The van der Waals surface area contributed by atoms with Crippen LogP contribution in [0.25, 0.3) is 0 Å². The maximum Gasteiger partial charge on any atom is 0.262 e. The number of hydrogen-bond acceptors (Lipinski definition) is 5. The van der Waals surface area contributed by atoms with Crippen LogP contribution in [0.1, 0.15) is 22.1 Å². The van der Waals surface area contributed by atoms with Crippen molar-refractivity contribution in [2.24, 2.45) is 0 Å². The number of rotatable bonds is 4. The zero-order valence-electron chi connectivity index (χ0n) is 16.0. The zero-order valence-corrected chi connectivity index (χ0v) is 16.0. The van der Waals surface area contributed by atoms with E-state index in [4.69, 9.17) is 20.6 Å². The van der Waals surface area contributed by atoms with E-state index in [1.54, 1.807) is 4.90 Å². The molecule has 6 nitrogen and oxygen atoms in total. The maximum atomic E-state index is 13.6. The molecule has 0 saturated heterocycles. The summed E-state index contributed by atoms with van der Waals surface area (Å²) in [5.74, 6) is 4.24. The van der Waals surface area contributed by atoms with E-state index in [1.165, 1.54) is 0 Å². The predicted molar refractivity (Wildman–Crippen MR) is 113 cm³/mol. The Hall–Kier alpha value is -4.11. The van der Waals surface area contributed by atoms with Crippen molar-refractivity contribution in [1.82, 2.24) is 0 Å². The molecule has 0 saturated carbocycles. The van der Waals surface area contributed by atoms with Gasteiger partial charge in [-0.2, -0.15) is 0 Å². The van der Waals surface area contributed by atoms with Crippen LogP contribution < -0.4 is 24.4 Å². The number of benzene rings is 3. The van der Waals surface area contributed by atoms with E-state index in [1.807, 2.05) is 66.7 Å². The molecule has 0 aliphatic carbocycles. The number of nitrogens with one attached hydrogen (secondary N) is 1. The summed E-state index contributed by atoms with van der Waals surface area (Å²) >= 11 is 0. The van der Waals surface area contributed by atoms with Gasteiger partial charge >= 0.3 is 0 Å². The SMILES string of the molecule is C#CCOc1ccccc1[C@H]1Nc2ccccc2C(=O)N1c1ccc2c(c1)OCO2. The Morgan fingerprint density at radius 2 is 1.87 bits per heavy atom. The first kappa shape index (κ1) is 18.0. The summed E-state index contributed by atoms with van der Waals surface area (Å²) in [4.78, 5) is 15.3. The highest BCUT2D eigenvalue weighted by Gasteiger charge is 2.36. The van der Waals surface area contributed by atoms with Crippen molar-refractivity contribution in [3.8, 4) is 29.6 Å². The second kappa shape index (κ2) is 7.37. The normalized spacial score (nSPS) is 16.4. The third kappa shape index (κ3) is 2.97. The molecule has 0 aromatic heterocycles. The number of carbonyl (C=O) groups excluding carboxylic acids is 1. The minimum absolute atomic E-state index is 0.125. The average Bonchev–Trinajstić information content (AvgIpc) is 3.26. The molecule has 3 aromatic rings. The van der Waals surface area contributed by atoms with E-state index in [9.17, 15) is 4.79 Å². The zero-order chi connectivity index (χ0) is 20.5. The first-order valence-corrected chi connectivity index (χ1v) is 9.50. The number of amides is 1. The summed E-state index contributed by atoms with van der Waals surface area (Å²) in [6.45, 7) is 0.304. The number of fused-ring (bicyclic) bond motifs is 2. The predicted octanol–water partition coefficient (Wildman–Crippen LogP) is 4.20. The lowest BCUT2D eigenvalue weighted by molar-refractivity contribution is 0.0974. The number of nitrogens with zero attached hydrogens (tertiary/aromatic N) is 1. The van der Waals surface area contributed by atoms with Gasteiger partial charge < -0.3 is 19.5 Å². The quantitative estimate of drug-likeness (QED) is 0.668. The number of terminal acetylenes is 1. The van der Waals surface area contributed by atoms with E-state index in [0.29, 0.717) is 28.5 Å². The van der Waals surface area contributed by atoms with Gasteiger partial charge in [0.25, 0.3) is 5.91 Å².